The predicted octanol–water partition coefficient (Wildman–Crippen LogP) is 2.86. The molecule has 0 bridgehead atoms. The van der Waals surface area contributed by atoms with Crippen LogP contribution in [-0.4, -0.2) is 36.1 Å². The van der Waals surface area contributed by atoms with Gasteiger partial charge in [0.15, 0.2) is 5.82 Å². The molecule has 0 aliphatic carbocycles. The summed E-state index contributed by atoms with van der Waals surface area (Å²) in [5.41, 5.74) is 4.06. The summed E-state index contributed by atoms with van der Waals surface area (Å²) in [4.78, 5) is 17.4. The zero-order chi connectivity index (χ0) is 20.3. The molecule has 1 unspecified atom stereocenters. The van der Waals surface area contributed by atoms with Gasteiger partial charge in [-0.25, -0.2) is 4.98 Å². The number of carbonyl (C=O) groups is 1. The van der Waals surface area contributed by atoms with Gasteiger partial charge in [-0.1, -0.05) is 47.7 Å². The average molecular weight is 399 g/mol. The van der Waals surface area contributed by atoms with Gasteiger partial charge in [0.1, 0.15) is 5.82 Å². The van der Waals surface area contributed by atoms with Crippen LogP contribution in [-0.2, 0) is 24.2 Å². The highest BCUT2D eigenvalue weighted by Crippen LogP contribution is 2.28. The molecule has 0 spiro atoms. The van der Waals surface area contributed by atoms with E-state index in [4.69, 9.17) is 0 Å². The monoisotopic (exact) mass is 399 g/mol. The molecule has 0 fully saturated rings. The van der Waals surface area contributed by atoms with Gasteiger partial charge in [-0.2, -0.15) is 5.21 Å². The van der Waals surface area contributed by atoms with Crippen LogP contribution in [0.15, 0.2) is 60.8 Å². The second-order valence-electron chi connectivity index (χ2n) is 7.47. The summed E-state index contributed by atoms with van der Waals surface area (Å²) in [6.07, 6.45) is 3.99. The molecule has 2 N–H and O–H groups in total. The largest absolute Gasteiger partial charge is 0.328 e. The van der Waals surface area contributed by atoms with Crippen LogP contribution in [0.25, 0.3) is 11.4 Å². The Hall–Kier alpha value is -3.81. The predicted molar refractivity (Wildman–Crippen MR) is 112 cm³/mol. The lowest BCUT2D eigenvalue weighted by molar-refractivity contribution is -0.120. The molecule has 0 saturated carbocycles. The number of aromatic nitrogens is 6. The van der Waals surface area contributed by atoms with Crippen molar-refractivity contribution in [3.63, 3.8) is 0 Å². The topological polar surface area (TPSA) is 101 Å². The first-order valence-electron chi connectivity index (χ1n) is 9.98. The van der Waals surface area contributed by atoms with E-state index in [2.05, 4.69) is 47.6 Å². The van der Waals surface area contributed by atoms with Crippen LogP contribution in [0.3, 0.4) is 0 Å². The van der Waals surface area contributed by atoms with Crippen molar-refractivity contribution in [1.29, 1.82) is 0 Å². The van der Waals surface area contributed by atoms with Gasteiger partial charge in [0.2, 0.25) is 5.91 Å². The molecule has 1 aliphatic rings. The number of hydrogen-bond acceptors (Lipinski definition) is 5. The maximum Gasteiger partial charge on any atom is 0.227 e. The number of fused-ring (bicyclic) bond motifs is 1. The summed E-state index contributed by atoms with van der Waals surface area (Å²) in [5, 5.41) is 17.0. The lowest BCUT2D eigenvalue weighted by atomic mass is 9.95. The molecular weight excluding hydrogens is 378 g/mol. The summed E-state index contributed by atoms with van der Waals surface area (Å²) in [6.45, 7) is 0.793. The van der Waals surface area contributed by atoms with E-state index in [0.29, 0.717) is 18.7 Å². The minimum atomic E-state index is -0.0585. The first-order valence-corrected chi connectivity index (χ1v) is 9.98. The number of imidazole rings is 1. The fourth-order valence-corrected chi connectivity index (χ4v) is 3.89. The van der Waals surface area contributed by atoms with Gasteiger partial charge >= 0.3 is 0 Å². The number of anilines is 1. The van der Waals surface area contributed by atoms with E-state index < -0.39 is 0 Å². The fourth-order valence-electron chi connectivity index (χ4n) is 3.89. The van der Waals surface area contributed by atoms with Crippen LogP contribution in [0.5, 0.6) is 0 Å². The Morgan fingerprint density at radius 3 is 2.73 bits per heavy atom. The van der Waals surface area contributed by atoms with Gasteiger partial charge in [-0.15, -0.1) is 10.2 Å². The first kappa shape index (κ1) is 18.2. The Kier molecular flexibility index (Phi) is 4.80. The number of benzene rings is 2. The molecule has 3 heterocycles. The molecule has 8 nitrogen and oxygen atoms in total. The number of tetrazole rings is 1. The second-order valence-corrected chi connectivity index (χ2v) is 7.47. The number of aromatic amines is 1. The van der Waals surface area contributed by atoms with Crippen molar-refractivity contribution in [2.24, 2.45) is 5.92 Å². The number of amides is 1. The van der Waals surface area contributed by atoms with Gasteiger partial charge in [-0.05, 0) is 24.1 Å². The summed E-state index contributed by atoms with van der Waals surface area (Å²) in [7, 11) is 0. The third-order valence-corrected chi connectivity index (χ3v) is 5.47. The fraction of sp³-hybridized carbons (Fsp3) is 0.227. The number of carbonyl (C=O) groups excluding carboxylic acids is 1. The van der Waals surface area contributed by atoms with Crippen molar-refractivity contribution >= 4 is 11.6 Å². The lowest BCUT2D eigenvalue weighted by Crippen LogP contribution is -2.30. The third-order valence-electron chi connectivity index (χ3n) is 5.47. The van der Waals surface area contributed by atoms with Crippen LogP contribution >= 0.6 is 0 Å². The first-order chi connectivity index (χ1) is 14.8. The van der Waals surface area contributed by atoms with Crippen LogP contribution in [0.4, 0.5) is 5.69 Å². The number of nitrogens with zero attached hydrogens (tertiary/aromatic N) is 5. The summed E-state index contributed by atoms with van der Waals surface area (Å²) >= 11 is 0. The Labute approximate surface area is 173 Å². The highest BCUT2D eigenvalue weighted by Gasteiger charge is 2.27. The van der Waals surface area contributed by atoms with Gasteiger partial charge in [-0.3, -0.25) is 4.79 Å². The zero-order valence-corrected chi connectivity index (χ0v) is 16.3. The van der Waals surface area contributed by atoms with Crippen LogP contribution in [0.2, 0.25) is 0 Å². The highest BCUT2D eigenvalue weighted by atomic mass is 16.1. The molecule has 5 rings (SSSR count). The van der Waals surface area contributed by atoms with E-state index in [0.717, 1.165) is 41.3 Å². The minimum absolute atomic E-state index is 0.0506. The quantitative estimate of drug-likeness (QED) is 0.537. The van der Waals surface area contributed by atoms with E-state index in [1.165, 1.54) is 0 Å². The zero-order valence-electron chi connectivity index (χ0n) is 16.3. The highest BCUT2D eigenvalue weighted by molar-refractivity contribution is 5.92. The Morgan fingerprint density at radius 2 is 1.97 bits per heavy atom. The molecule has 0 saturated heterocycles. The normalized spacial score (nSPS) is 15.5. The molecule has 4 aromatic rings. The van der Waals surface area contributed by atoms with Crippen molar-refractivity contribution in [3.8, 4) is 11.4 Å². The van der Waals surface area contributed by atoms with Crippen molar-refractivity contribution < 1.29 is 4.79 Å². The molecule has 1 atom stereocenters. The lowest BCUT2D eigenvalue weighted by Gasteiger charge is -2.24. The smallest absolute Gasteiger partial charge is 0.227 e. The van der Waals surface area contributed by atoms with E-state index in [9.17, 15) is 4.79 Å². The Morgan fingerprint density at radius 1 is 1.13 bits per heavy atom. The van der Waals surface area contributed by atoms with Crippen LogP contribution in [0, 0.1) is 5.92 Å². The maximum absolute atomic E-state index is 12.8. The minimum Gasteiger partial charge on any atom is -0.328 e. The van der Waals surface area contributed by atoms with Crippen molar-refractivity contribution in [1.82, 2.24) is 30.2 Å². The maximum atomic E-state index is 12.8. The number of nitrogens with one attached hydrogen (secondary N) is 2. The Bertz CT molecular complexity index is 1130. The van der Waals surface area contributed by atoms with E-state index in [1.807, 2.05) is 48.7 Å². The third kappa shape index (κ3) is 3.71. The van der Waals surface area contributed by atoms with Gasteiger partial charge in [0.05, 0.1) is 0 Å². The summed E-state index contributed by atoms with van der Waals surface area (Å²) in [6, 6.07) is 17.9. The molecule has 0 radical (unpaired) electrons. The van der Waals surface area contributed by atoms with Gasteiger partial charge in [0, 0.05) is 48.4 Å². The standard InChI is InChI=1S/C22H21N7O/c30-22(24-18-8-6-15(7-9-18)12-20-25-27-28-26-20)17-10-11-29-19(13-17)14-23-21(29)16-4-2-1-3-5-16/h1-9,14,17H,10-13H2,(H,24,30)(H,25,26,27,28). The average Bonchev–Trinajstić information content (AvgIpc) is 3.45. The molecule has 1 aliphatic heterocycles. The molecule has 30 heavy (non-hydrogen) atoms. The van der Waals surface area contributed by atoms with Gasteiger partial charge < -0.3 is 9.88 Å². The number of rotatable bonds is 5. The number of H-pyrrole nitrogens is 1. The summed E-state index contributed by atoms with van der Waals surface area (Å²) < 4.78 is 2.23. The van der Waals surface area contributed by atoms with Gasteiger partial charge in [0.25, 0.3) is 0 Å². The van der Waals surface area contributed by atoms with E-state index >= 15 is 0 Å². The molecule has 8 heteroatoms. The van der Waals surface area contributed by atoms with E-state index in [1.54, 1.807) is 0 Å². The van der Waals surface area contributed by atoms with Crippen molar-refractivity contribution in [3.05, 3.63) is 77.9 Å². The van der Waals surface area contributed by atoms with Crippen molar-refractivity contribution in [2.45, 2.75) is 25.8 Å². The number of hydrogen-bond donors (Lipinski definition) is 2. The van der Waals surface area contributed by atoms with Crippen LogP contribution in [0.1, 0.15) is 23.5 Å². The molecule has 1 amide bonds. The van der Waals surface area contributed by atoms with Crippen molar-refractivity contribution in [2.75, 3.05) is 5.32 Å². The molecule has 150 valence electrons. The summed E-state index contributed by atoms with van der Waals surface area (Å²) in [5.74, 6) is 1.61. The van der Waals surface area contributed by atoms with Crippen LogP contribution < -0.4 is 5.32 Å². The second kappa shape index (κ2) is 7.90. The SMILES string of the molecule is O=C(Nc1ccc(Cc2nn[nH]n2)cc1)C1CCn2c(cnc2-c2ccccc2)C1. The Balaban J connectivity index is 1.23. The molecular formula is C22H21N7O. The molecule has 2 aromatic heterocycles. The molecule has 2 aromatic carbocycles. The van der Waals surface area contributed by atoms with E-state index in [-0.39, 0.29) is 11.8 Å².